The van der Waals surface area contributed by atoms with Gasteiger partial charge in [0.2, 0.25) is 0 Å². The Kier molecular flexibility index (Phi) is 4.81. The zero-order valence-corrected chi connectivity index (χ0v) is 14.9. The lowest BCUT2D eigenvalue weighted by Crippen LogP contribution is -2.40. The summed E-state index contributed by atoms with van der Waals surface area (Å²) in [5.74, 6) is 0.947. The van der Waals surface area contributed by atoms with Gasteiger partial charge in [-0.2, -0.15) is 5.10 Å². The summed E-state index contributed by atoms with van der Waals surface area (Å²) >= 11 is 5.98. The number of amides is 1. The van der Waals surface area contributed by atoms with E-state index >= 15 is 0 Å². The Labute approximate surface area is 147 Å². The molecule has 0 bridgehead atoms. The van der Waals surface area contributed by atoms with Crippen LogP contribution in [0.4, 0.5) is 0 Å². The molecule has 1 aliphatic rings. The van der Waals surface area contributed by atoms with Crippen molar-refractivity contribution in [3.05, 3.63) is 46.2 Å². The van der Waals surface area contributed by atoms with E-state index in [0.717, 1.165) is 29.2 Å². The maximum absolute atomic E-state index is 12.3. The third kappa shape index (κ3) is 3.73. The fourth-order valence-corrected chi connectivity index (χ4v) is 3.17. The number of hydrogen-bond donors (Lipinski definition) is 1. The van der Waals surface area contributed by atoms with Crippen molar-refractivity contribution in [3.8, 4) is 5.75 Å². The minimum atomic E-state index is -0.473. The fraction of sp³-hybridized carbons (Fsp3) is 0.444. The number of aryl methyl sites for hydroxylation is 2. The van der Waals surface area contributed by atoms with Crippen molar-refractivity contribution in [1.82, 2.24) is 15.1 Å². The normalized spacial score (nSPS) is 17.2. The molecule has 0 saturated carbocycles. The molecule has 1 aliphatic heterocycles. The smallest absolute Gasteiger partial charge is 0.261 e. The van der Waals surface area contributed by atoms with Crippen molar-refractivity contribution >= 4 is 17.5 Å². The molecule has 128 valence electrons. The van der Waals surface area contributed by atoms with E-state index in [1.54, 1.807) is 6.07 Å². The molecule has 0 spiro atoms. The van der Waals surface area contributed by atoms with E-state index in [2.05, 4.69) is 23.4 Å². The average molecular weight is 348 g/mol. The van der Waals surface area contributed by atoms with E-state index in [-0.39, 0.29) is 11.8 Å². The molecular weight excluding hydrogens is 326 g/mol. The summed E-state index contributed by atoms with van der Waals surface area (Å²) < 4.78 is 7.69. The van der Waals surface area contributed by atoms with Gasteiger partial charge < -0.3 is 10.1 Å². The molecule has 0 radical (unpaired) electrons. The molecule has 0 aliphatic carbocycles. The minimum Gasteiger partial charge on any atom is -0.480 e. The molecule has 1 aromatic heterocycles. The van der Waals surface area contributed by atoms with Crippen LogP contribution >= 0.6 is 11.6 Å². The quantitative estimate of drug-likeness (QED) is 0.904. The second-order valence-corrected chi connectivity index (χ2v) is 6.96. The molecule has 0 saturated heterocycles. The van der Waals surface area contributed by atoms with Crippen molar-refractivity contribution in [3.63, 3.8) is 0 Å². The Morgan fingerprint density at radius 3 is 2.96 bits per heavy atom. The summed E-state index contributed by atoms with van der Waals surface area (Å²) in [5, 5.41) is 8.10. The van der Waals surface area contributed by atoms with Gasteiger partial charge in [0.1, 0.15) is 5.75 Å². The first-order valence-corrected chi connectivity index (χ1v) is 8.54. The van der Waals surface area contributed by atoms with Crippen LogP contribution in [0.15, 0.2) is 24.3 Å². The second-order valence-electron chi connectivity index (χ2n) is 6.52. The fourth-order valence-electron chi connectivity index (χ4n) is 2.97. The monoisotopic (exact) mass is 347 g/mol. The number of carbonyl (C=O) groups is 1. The first-order valence-electron chi connectivity index (χ1n) is 8.16. The highest BCUT2D eigenvalue weighted by Gasteiger charge is 2.29. The third-order valence-electron chi connectivity index (χ3n) is 4.20. The molecule has 3 rings (SSSR count). The van der Waals surface area contributed by atoms with E-state index in [4.69, 9.17) is 16.3 Å². The van der Waals surface area contributed by atoms with Crippen molar-refractivity contribution in [2.45, 2.75) is 39.8 Å². The number of aromatic nitrogens is 2. The number of ether oxygens (including phenoxy) is 1. The predicted molar refractivity (Wildman–Crippen MR) is 93.4 cm³/mol. The number of hydrogen-bond acceptors (Lipinski definition) is 3. The predicted octanol–water partition coefficient (Wildman–Crippen LogP) is 2.91. The van der Waals surface area contributed by atoms with Crippen LogP contribution in [0.1, 0.15) is 23.9 Å². The zero-order valence-electron chi connectivity index (χ0n) is 14.2. The molecule has 2 atom stereocenters. The van der Waals surface area contributed by atoms with Crippen molar-refractivity contribution < 1.29 is 9.53 Å². The van der Waals surface area contributed by atoms with E-state index in [1.807, 2.05) is 30.7 Å². The highest BCUT2D eigenvalue weighted by atomic mass is 35.5. The Morgan fingerprint density at radius 2 is 2.25 bits per heavy atom. The number of nitrogens with zero attached hydrogens (tertiary/aromatic N) is 2. The summed E-state index contributed by atoms with van der Waals surface area (Å²) in [6.45, 7) is 7.49. The van der Waals surface area contributed by atoms with Crippen LogP contribution in [0.3, 0.4) is 0 Å². The number of nitrogens with one attached hydrogen (secondary N) is 1. The molecule has 5 nitrogen and oxygen atoms in total. The van der Waals surface area contributed by atoms with Crippen molar-refractivity contribution in [2.75, 3.05) is 6.54 Å². The highest BCUT2D eigenvalue weighted by Crippen LogP contribution is 2.31. The van der Waals surface area contributed by atoms with Crippen LogP contribution in [0.5, 0.6) is 5.75 Å². The number of fused-ring (bicyclic) bond motifs is 1. The van der Waals surface area contributed by atoms with E-state index in [0.29, 0.717) is 18.0 Å². The number of benzene rings is 1. The van der Waals surface area contributed by atoms with Gasteiger partial charge in [0.25, 0.3) is 5.91 Å². The zero-order chi connectivity index (χ0) is 17.3. The van der Waals surface area contributed by atoms with Crippen LogP contribution in [0.25, 0.3) is 0 Å². The lowest BCUT2D eigenvalue weighted by molar-refractivity contribution is -0.127. The molecule has 6 heteroatoms. The Bertz CT molecular complexity index is 757. The van der Waals surface area contributed by atoms with Gasteiger partial charge >= 0.3 is 0 Å². The second kappa shape index (κ2) is 6.85. The standard InChI is InChI=1S/C18H22ClN3O2/c1-11(10-22-13(3)6-12(2)21-22)9-20-18(23)17-8-14-7-15(19)4-5-16(14)24-17/h4-7,11,17H,8-10H2,1-3H3,(H,20,23)/t11-,17-/m1/s1. The van der Waals surface area contributed by atoms with E-state index < -0.39 is 6.10 Å². The van der Waals surface area contributed by atoms with Crippen LogP contribution in [-0.2, 0) is 17.8 Å². The Morgan fingerprint density at radius 1 is 1.46 bits per heavy atom. The molecule has 1 N–H and O–H groups in total. The molecule has 2 heterocycles. The number of halogens is 1. The topological polar surface area (TPSA) is 56.2 Å². The van der Waals surface area contributed by atoms with E-state index in [9.17, 15) is 4.79 Å². The maximum atomic E-state index is 12.3. The average Bonchev–Trinajstić information content (AvgIpc) is 3.07. The van der Waals surface area contributed by atoms with Crippen molar-refractivity contribution in [2.24, 2.45) is 5.92 Å². The van der Waals surface area contributed by atoms with Gasteiger partial charge in [0.05, 0.1) is 5.69 Å². The summed E-state index contributed by atoms with van der Waals surface area (Å²) in [6, 6.07) is 7.50. The Balaban J connectivity index is 1.50. The third-order valence-corrected chi connectivity index (χ3v) is 4.44. The van der Waals surface area contributed by atoms with Crippen LogP contribution in [0.2, 0.25) is 5.02 Å². The minimum absolute atomic E-state index is 0.0810. The maximum Gasteiger partial charge on any atom is 0.261 e. The first kappa shape index (κ1) is 16.8. The molecule has 1 aromatic carbocycles. The molecule has 2 aromatic rings. The SMILES string of the molecule is Cc1cc(C)n(C[C@H](C)CNC(=O)[C@H]2Cc3cc(Cl)ccc3O2)n1. The summed E-state index contributed by atoms with van der Waals surface area (Å²) in [6.07, 6.45) is 0.0902. The molecule has 0 unspecified atom stereocenters. The van der Waals surface area contributed by atoms with Gasteiger partial charge in [-0.05, 0) is 49.6 Å². The molecular formula is C18H22ClN3O2. The number of carbonyl (C=O) groups excluding carboxylic acids is 1. The van der Waals surface area contributed by atoms with Gasteiger partial charge in [-0.3, -0.25) is 9.48 Å². The lowest BCUT2D eigenvalue weighted by Gasteiger charge is -2.16. The van der Waals surface area contributed by atoms with E-state index in [1.165, 1.54) is 0 Å². The summed E-state index contributed by atoms with van der Waals surface area (Å²) in [5.41, 5.74) is 3.13. The van der Waals surface area contributed by atoms with Crippen molar-refractivity contribution in [1.29, 1.82) is 0 Å². The van der Waals surface area contributed by atoms with Gasteiger partial charge in [-0.25, -0.2) is 0 Å². The summed E-state index contributed by atoms with van der Waals surface area (Å²) in [4.78, 5) is 12.3. The largest absolute Gasteiger partial charge is 0.480 e. The van der Waals surface area contributed by atoms with Gasteiger partial charge in [0.15, 0.2) is 6.10 Å². The number of rotatable bonds is 5. The molecule has 0 fully saturated rings. The lowest BCUT2D eigenvalue weighted by atomic mass is 10.1. The summed E-state index contributed by atoms with van der Waals surface area (Å²) in [7, 11) is 0. The van der Waals surface area contributed by atoms with Crippen LogP contribution in [-0.4, -0.2) is 28.3 Å². The highest BCUT2D eigenvalue weighted by molar-refractivity contribution is 6.30. The first-order chi connectivity index (χ1) is 11.4. The van der Waals surface area contributed by atoms with Gasteiger partial charge in [0, 0.05) is 30.2 Å². The Hall–Kier alpha value is -2.01. The van der Waals surface area contributed by atoms with Crippen LogP contribution < -0.4 is 10.1 Å². The van der Waals surface area contributed by atoms with Crippen LogP contribution in [0, 0.1) is 19.8 Å². The molecule has 24 heavy (non-hydrogen) atoms. The van der Waals surface area contributed by atoms with Gasteiger partial charge in [-0.15, -0.1) is 0 Å². The van der Waals surface area contributed by atoms with Gasteiger partial charge in [-0.1, -0.05) is 18.5 Å². The molecule has 1 amide bonds.